The number of rotatable bonds is 19. The molecule has 2 fully saturated rings. The Morgan fingerprint density at radius 1 is 0.481 bits per heavy atom. The quantitative estimate of drug-likeness (QED) is 0.0436. The minimum atomic E-state index is -3.64. The fourth-order valence-corrected chi connectivity index (χ4v) is 15.3. The van der Waals surface area contributed by atoms with Crippen LogP contribution in [0, 0.1) is 20.2 Å². The van der Waals surface area contributed by atoms with E-state index < -0.39 is 41.7 Å². The van der Waals surface area contributed by atoms with E-state index in [4.69, 9.17) is 0 Å². The highest BCUT2D eigenvalue weighted by Gasteiger charge is 2.32. The van der Waals surface area contributed by atoms with Gasteiger partial charge >= 0.3 is 0 Å². The van der Waals surface area contributed by atoms with E-state index in [1.54, 1.807) is 24.3 Å². The number of anilines is 2. The molecule has 2 saturated heterocycles. The number of nitro groups is 2. The molecule has 22 heteroatoms. The van der Waals surface area contributed by atoms with Crippen LogP contribution in [-0.2, 0) is 39.6 Å². The highest BCUT2D eigenvalue weighted by molar-refractivity contribution is 7.91. The molecule has 10 rings (SSSR count). The van der Waals surface area contributed by atoms with Gasteiger partial charge in [-0.1, -0.05) is 84.9 Å². The average Bonchev–Trinajstić information content (AvgIpc) is 4.29. The van der Waals surface area contributed by atoms with Crippen molar-refractivity contribution in [2.24, 2.45) is 0 Å². The molecule has 2 aliphatic rings. The topological polar surface area (TPSA) is 243 Å². The summed E-state index contributed by atoms with van der Waals surface area (Å²) in [6, 6.07) is 54.6. The van der Waals surface area contributed by atoms with Crippen molar-refractivity contribution in [3.05, 3.63) is 234 Å². The van der Waals surface area contributed by atoms with Crippen LogP contribution in [0.15, 0.2) is 190 Å². The number of nitrogens with one attached hydrogen (secondary N) is 4. The van der Waals surface area contributed by atoms with Gasteiger partial charge in [-0.3, -0.25) is 29.8 Å². The van der Waals surface area contributed by atoms with Crippen LogP contribution in [0.4, 0.5) is 22.7 Å². The number of non-ortho nitro benzene ring substituents is 2. The Kier molecular flexibility index (Phi) is 18.8. The molecule has 0 radical (unpaired) electrons. The summed E-state index contributed by atoms with van der Waals surface area (Å²) in [5, 5.41) is 34.2. The smallest absolute Gasteiger partial charge is 0.269 e. The Morgan fingerprint density at radius 3 is 1.35 bits per heavy atom. The second-order valence-electron chi connectivity index (χ2n) is 19.4. The SMILES string of the molecule is O=C(NCc1ccc(S(=O)(=O)N2CCC(Nc3cccc(-c4ccccc4)c3)CC2)s1)c1ccc([N+](=O)[O-])cc1.O=C(NCc1ccc(S(=O)(=O)N2CCC(Nc3cccc(Cc4ccccc4)c3)CC2)s1)c1ccc([N+](=O)[O-])cc1. The fraction of sp³-hybridized carbons (Fsp3) is 0.220. The van der Waals surface area contributed by atoms with Crippen LogP contribution in [-0.4, -0.2) is 85.4 Å². The number of nitro benzene ring substituents is 2. The predicted molar refractivity (Wildman–Crippen MR) is 316 cm³/mol. The normalized spacial score (nSPS) is 14.5. The molecule has 0 spiro atoms. The number of thiophene rings is 2. The third-order valence-corrected chi connectivity index (χ3v) is 20.7. The molecule has 0 unspecified atom stereocenters. The van der Waals surface area contributed by atoms with E-state index in [0.717, 1.165) is 51.6 Å². The lowest BCUT2D eigenvalue weighted by Crippen LogP contribution is -2.42. The first kappa shape index (κ1) is 57.6. The molecule has 81 heavy (non-hydrogen) atoms. The van der Waals surface area contributed by atoms with Gasteiger partial charge in [0.05, 0.1) is 22.9 Å². The van der Waals surface area contributed by atoms with Gasteiger partial charge in [0.25, 0.3) is 43.2 Å². The molecule has 4 N–H and O–H groups in total. The molecule has 0 aliphatic carbocycles. The van der Waals surface area contributed by atoms with Gasteiger partial charge in [-0.05, 0) is 127 Å². The van der Waals surface area contributed by atoms with Crippen molar-refractivity contribution < 1.29 is 36.3 Å². The second-order valence-corrected chi connectivity index (χ2v) is 26.0. The molecular weight excluding hydrogens is 1110 g/mol. The summed E-state index contributed by atoms with van der Waals surface area (Å²) in [6.45, 7) is 2.00. The first-order valence-corrected chi connectivity index (χ1v) is 30.6. The highest BCUT2D eigenvalue weighted by atomic mass is 32.3. The van der Waals surface area contributed by atoms with E-state index in [1.165, 1.54) is 68.3 Å². The molecule has 2 aromatic heterocycles. The number of amides is 2. The van der Waals surface area contributed by atoms with Gasteiger partial charge in [-0.15, -0.1) is 22.7 Å². The summed E-state index contributed by atoms with van der Waals surface area (Å²) in [5.41, 5.74) is 7.20. The predicted octanol–water partition coefficient (Wildman–Crippen LogP) is 11.0. The van der Waals surface area contributed by atoms with Gasteiger partial charge < -0.3 is 21.3 Å². The average molecular weight is 1170 g/mol. The van der Waals surface area contributed by atoms with Gasteiger partial charge in [-0.25, -0.2) is 16.8 Å². The van der Waals surface area contributed by atoms with Crippen molar-refractivity contribution in [3.63, 3.8) is 0 Å². The number of sulfonamides is 2. The van der Waals surface area contributed by atoms with E-state index in [2.05, 4.69) is 69.8 Å². The number of benzene rings is 6. The maximum absolute atomic E-state index is 13.3. The van der Waals surface area contributed by atoms with E-state index in [9.17, 15) is 46.7 Å². The van der Waals surface area contributed by atoms with E-state index in [-0.39, 0.29) is 45.0 Å². The molecule has 18 nitrogen and oxygen atoms in total. The molecule has 2 amide bonds. The molecule has 418 valence electrons. The Bertz CT molecular complexity index is 3700. The van der Waals surface area contributed by atoms with Crippen molar-refractivity contribution in [3.8, 4) is 11.1 Å². The highest BCUT2D eigenvalue weighted by Crippen LogP contribution is 2.31. The van der Waals surface area contributed by atoms with Gasteiger partial charge in [0.1, 0.15) is 8.42 Å². The molecule has 0 bridgehead atoms. The zero-order valence-electron chi connectivity index (χ0n) is 43.8. The molecule has 0 saturated carbocycles. The summed E-state index contributed by atoms with van der Waals surface area (Å²) in [5.74, 6) is -0.783. The van der Waals surface area contributed by atoms with E-state index in [0.29, 0.717) is 72.7 Å². The Labute approximate surface area is 477 Å². The first-order chi connectivity index (χ1) is 39.1. The maximum Gasteiger partial charge on any atom is 0.269 e. The van der Waals surface area contributed by atoms with Crippen molar-refractivity contribution in [1.82, 2.24) is 19.2 Å². The van der Waals surface area contributed by atoms with Crippen LogP contribution in [0.5, 0.6) is 0 Å². The lowest BCUT2D eigenvalue weighted by Gasteiger charge is -2.31. The Morgan fingerprint density at radius 2 is 0.889 bits per heavy atom. The monoisotopic (exact) mass is 1170 g/mol. The van der Waals surface area contributed by atoms with Gasteiger partial charge in [0, 0.05) is 94.8 Å². The van der Waals surface area contributed by atoms with Gasteiger partial charge in [0.2, 0.25) is 0 Å². The third kappa shape index (κ3) is 15.2. The van der Waals surface area contributed by atoms with Crippen molar-refractivity contribution in [1.29, 1.82) is 0 Å². The number of carbonyl (C=O) groups is 2. The Hall–Kier alpha value is -8.12. The number of nitrogens with zero attached hydrogens (tertiary/aromatic N) is 4. The first-order valence-electron chi connectivity index (χ1n) is 26.1. The number of hydrogen-bond acceptors (Lipinski definition) is 14. The van der Waals surface area contributed by atoms with Gasteiger partial charge in [-0.2, -0.15) is 8.61 Å². The van der Waals surface area contributed by atoms with Crippen molar-refractivity contribution in [2.75, 3.05) is 36.8 Å². The van der Waals surface area contributed by atoms with Crippen LogP contribution < -0.4 is 21.3 Å². The lowest BCUT2D eigenvalue weighted by molar-refractivity contribution is -0.385. The number of piperidine rings is 2. The molecular formula is C59H58N8O10S4. The van der Waals surface area contributed by atoms with Crippen LogP contribution >= 0.6 is 22.7 Å². The molecule has 0 atom stereocenters. The molecule has 8 aromatic rings. The summed E-state index contributed by atoms with van der Waals surface area (Å²) in [4.78, 5) is 46.7. The third-order valence-electron chi connectivity index (χ3n) is 13.8. The number of hydrogen-bond donors (Lipinski definition) is 4. The fourth-order valence-electron chi connectivity index (χ4n) is 9.42. The minimum Gasteiger partial charge on any atom is -0.382 e. The summed E-state index contributed by atoms with van der Waals surface area (Å²) >= 11 is 2.26. The Balaban J connectivity index is 0.000000196. The van der Waals surface area contributed by atoms with E-state index >= 15 is 0 Å². The van der Waals surface area contributed by atoms with Crippen LogP contribution in [0.1, 0.15) is 67.3 Å². The van der Waals surface area contributed by atoms with Crippen LogP contribution in [0.25, 0.3) is 11.1 Å². The standard InChI is InChI=1S/C30H30N4O5S2.C29H28N4O5S2/c35-30(24-9-11-27(12-10-24)34(36)37)31-21-28-13-14-29(40-28)41(38,39)33-17-15-25(16-18-33)32-26-8-4-7-23(20-26)19-22-5-2-1-3-6-22;34-29(22-9-11-26(12-10-22)33(35)36)30-20-27-13-14-28(39-27)40(37,38)32-17-15-24(16-18-32)31-25-8-4-7-23(19-25)21-5-2-1-3-6-21/h1-14,20,25,32H,15-19,21H2,(H,31,35);1-14,19,24,31H,15-18,20H2,(H,30,34). The van der Waals surface area contributed by atoms with E-state index in [1.807, 2.05) is 60.7 Å². The van der Waals surface area contributed by atoms with Crippen molar-refractivity contribution in [2.45, 2.75) is 65.7 Å². The summed E-state index contributed by atoms with van der Waals surface area (Å²) in [6.07, 6.45) is 3.64. The number of carbonyl (C=O) groups excluding carboxylic acids is 2. The molecule has 2 aliphatic heterocycles. The summed E-state index contributed by atoms with van der Waals surface area (Å²) < 4.78 is 56.7. The second kappa shape index (κ2) is 26.4. The largest absolute Gasteiger partial charge is 0.382 e. The molecule has 6 aromatic carbocycles. The maximum atomic E-state index is 13.3. The zero-order valence-corrected chi connectivity index (χ0v) is 47.0. The lowest BCUT2D eigenvalue weighted by atomic mass is 10.0. The van der Waals surface area contributed by atoms with Crippen LogP contribution in [0.2, 0.25) is 0 Å². The zero-order chi connectivity index (χ0) is 56.9. The summed E-state index contributed by atoms with van der Waals surface area (Å²) in [7, 11) is -7.27. The van der Waals surface area contributed by atoms with Crippen LogP contribution in [0.3, 0.4) is 0 Å². The van der Waals surface area contributed by atoms with Crippen molar-refractivity contribution >= 4 is 77.3 Å². The molecule has 4 heterocycles. The van der Waals surface area contributed by atoms with Gasteiger partial charge in [0.15, 0.2) is 0 Å². The minimum absolute atomic E-state index is 0.0949.